The molecule has 0 bridgehead atoms. The molecule has 1 aliphatic carbocycles. The summed E-state index contributed by atoms with van der Waals surface area (Å²) in [6.07, 6.45) is 4.17. The molecule has 0 aromatic carbocycles. The molecule has 0 N–H and O–H groups in total. The summed E-state index contributed by atoms with van der Waals surface area (Å²) < 4.78 is 18.5. The van der Waals surface area contributed by atoms with Gasteiger partial charge in [-0.2, -0.15) is 0 Å². The van der Waals surface area contributed by atoms with Crippen LogP contribution in [0.15, 0.2) is 12.2 Å². The highest BCUT2D eigenvalue weighted by Gasteiger charge is 2.50. The van der Waals surface area contributed by atoms with Gasteiger partial charge in [0.25, 0.3) is 0 Å². The van der Waals surface area contributed by atoms with Crippen LogP contribution in [0.2, 0.25) is 18.1 Å². The number of rotatable bonds is 2. The van der Waals surface area contributed by atoms with Gasteiger partial charge in [-0.25, -0.2) is 0 Å². The normalized spacial score (nSPS) is 34.0. The minimum absolute atomic E-state index is 0.0790. The van der Waals surface area contributed by atoms with E-state index in [0.29, 0.717) is 6.42 Å². The number of ketones is 1. The minimum Gasteiger partial charge on any atom is -0.411 e. The van der Waals surface area contributed by atoms with Gasteiger partial charge in [0.1, 0.15) is 12.2 Å². The first-order valence-corrected chi connectivity index (χ1v) is 11.0. The lowest BCUT2D eigenvalue weighted by Gasteiger charge is -2.41. The van der Waals surface area contributed by atoms with E-state index in [1.165, 1.54) is 0 Å². The Kier molecular flexibility index (Phi) is 4.75. The van der Waals surface area contributed by atoms with Gasteiger partial charge in [0, 0.05) is 6.42 Å². The molecule has 0 radical (unpaired) electrons. The maximum atomic E-state index is 12.3. The van der Waals surface area contributed by atoms with E-state index in [9.17, 15) is 4.79 Å². The number of ether oxygens (including phenoxy) is 2. The Morgan fingerprint density at radius 3 is 2.45 bits per heavy atom. The maximum absolute atomic E-state index is 12.3. The number of carbonyl (C=O) groups excluding carboxylic acids is 1. The Hall–Kier alpha value is -0.493. The Labute approximate surface area is 135 Å². The van der Waals surface area contributed by atoms with Crippen LogP contribution < -0.4 is 0 Å². The van der Waals surface area contributed by atoms with Gasteiger partial charge in [0.15, 0.2) is 19.9 Å². The molecule has 126 valence electrons. The van der Waals surface area contributed by atoms with Crippen LogP contribution in [0.4, 0.5) is 0 Å². The van der Waals surface area contributed by atoms with Gasteiger partial charge >= 0.3 is 0 Å². The predicted molar refractivity (Wildman–Crippen MR) is 89.3 cm³/mol. The molecule has 0 spiro atoms. The lowest BCUT2D eigenvalue weighted by molar-refractivity contribution is -0.158. The summed E-state index contributed by atoms with van der Waals surface area (Å²) in [5, 5.41) is 0.119. The van der Waals surface area contributed by atoms with E-state index in [2.05, 4.69) is 33.9 Å². The average Bonchev–Trinajstić information content (AvgIpc) is 2.66. The van der Waals surface area contributed by atoms with Crippen molar-refractivity contribution < 1.29 is 18.7 Å². The Bertz CT molecular complexity index is 462. The van der Waals surface area contributed by atoms with Crippen molar-refractivity contribution in [3.05, 3.63) is 12.2 Å². The van der Waals surface area contributed by atoms with Crippen LogP contribution in [0.5, 0.6) is 0 Å². The predicted octanol–water partition coefficient (Wildman–Crippen LogP) is 3.82. The molecule has 22 heavy (non-hydrogen) atoms. The van der Waals surface area contributed by atoms with Crippen molar-refractivity contribution >= 4 is 14.1 Å². The molecule has 4 nitrogen and oxygen atoms in total. The molecule has 2 rings (SSSR count). The first-order chi connectivity index (χ1) is 9.93. The Morgan fingerprint density at radius 2 is 1.86 bits per heavy atom. The van der Waals surface area contributed by atoms with E-state index in [-0.39, 0.29) is 23.0 Å². The molecule has 2 aliphatic rings. The highest BCUT2D eigenvalue weighted by molar-refractivity contribution is 6.74. The molecule has 1 aliphatic heterocycles. The van der Waals surface area contributed by atoms with Crippen molar-refractivity contribution in [3.63, 3.8) is 0 Å². The second-order valence-corrected chi connectivity index (χ2v) is 13.1. The molecule has 1 fully saturated rings. The molecule has 0 amide bonds. The van der Waals surface area contributed by atoms with E-state index < -0.39 is 20.2 Å². The summed E-state index contributed by atoms with van der Waals surface area (Å²) in [5.41, 5.74) is 0. The third-order valence-corrected chi connectivity index (χ3v) is 9.42. The highest BCUT2D eigenvalue weighted by Crippen LogP contribution is 2.41. The summed E-state index contributed by atoms with van der Waals surface area (Å²) in [4.78, 5) is 12.3. The fraction of sp³-hybridized carbons (Fsp3) is 0.824. The largest absolute Gasteiger partial charge is 0.411 e. The number of hydrogen-bond donors (Lipinski definition) is 0. The number of Topliss-reactive ketones (excluding diaryl/α,β-unsaturated/α-hetero) is 1. The topological polar surface area (TPSA) is 44.8 Å². The van der Waals surface area contributed by atoms with Gasteiger partial charge < -0.3 is 13.9 Å². The van der Waals surface area contributed by atoms with E-state index in [0.717, 1.165) is 6.42 Å². The maximum Gasteiger partial charge on any atom is 0.192 e. The van der Waals surface area contributed by atoms with Crippen molar-refractivity contribution in [3.8, 4) is 0 Å². The molecule has 0 aromatic heterocycles. The third-order valence-electron chi connectivity index (χ3n) is 4.92. The number of carbonyl (C=O) groups is 1. The molecule has 3 atom stereocenters. The van der Waals surface area contributed by atoms with Crippen molar-refractivity contribution in [1.82, 2.24) is 0 Å². The molecule has 0 aromatic rings. The molecule has 0 saturated carbocycles. The van der Waals surface area contributed by atoms with E-state index in [1.54, 1.807) is 0 Å². The minimum atomic E-state index is -1.94. The van der Waals surface area contributed by atoms with Gasteiger partial charge in [-0.15, -0.1) is 0 Å². The first kappa shape index (κ1) is 17.9. The van der Waals surface area contributed by atoms with E-state index in [4.69, 9.17) is 13.9 Å². The van der Waals surface area contributed by atoms with Crippen LogP contribution >= 0.6 is 0 Å². The van der Waals surface area contributed by atoms with Crippen LogP contribution in [-0.4, -0.2) is 38.2 Å². The highest BCUT2D eigenvalue weighted by atomic mass is 28.4. The summed E-state index contributed by atoms with van der Waals surface area (Å²) in [6, 6.07) is 0. The van der Waals surface area contributed by atoms with Gasteiger partial charge in [-0.3, -0.25) is 4.79 Å². The summed E-state index contributed by atoms with van der Waals surface area (Å²) in [5.74, 6) is -0.653. The van der Waals surface area contributed by atoms with Crippen LogP contribution in [0, 0.1) is 0 Å². The third kappa shape index (κ3) is 3.70. The lowest BCUT2D eigenvalue weighted by Crippen LogP contribution is -2.50. The molecule has 1 saturated heterocycles. The zero-order valence-electron chi connectivity index (χ0n) is 14.9. The smallest absolute Gasteiger partial charge is 0.192 e. The van der Waals surface area contributed by atoms with Crippen LogP contribution in [-0.2, 0) is 18.7 Å². The Balaban J connectivity index is 2.26. The van der Waals surface area contributed by atoms with Crippen LogP contribution in [0.1, 0.15) is 47.5 Å². The number of hydrogen-bond acceptors (Lipinski definition) is 4. The van der Waals surface area contributed by atoms with E-state index in [1.807, 2.05) is 26.0 Å². The molecule has 5 heteroatoms. The van der Waals surface area contributed by atoms with Gasteiger partial charge in [0.05, 0.1) is 6.10 Å². The fourth-order valence-electron chi connectivity index (χ4n) is 2.66. The molecule has 0 unspecified atom stereocenters. The zero-order chi connectivity index (χ0) is 16.8. The standard InChI is InChI=1S/C17H30O4Si/c1-16(2,3)22(6,7)21-13-11-9-8-10-12(18)14-15(13)20-17(4,5)19-14/h8-9,13-15H,10-11H2,1-7H3/b9-8-/t13-,14-,15-/m0/s1. The van der Waals surface area contributed by atoms with Crippen molar-refractivity contribution in [2.75, 3.05) is 0 Å². The van der Waals surface area contributed by atoms with Gasteiger partial charge in [-0.05, 0) is 38.4 Å². The number of allylic oxidation sites excluding steroid dienone is 1. The average molecular weight is 327 g/mol. The molecular weight excluding hydrogens is 296 g/mol. The second kappa shape index (κ2) is 5.85. The quantitative estimate of drug-likeness (QED) is 0.572. The van der Waals surface area contributed by atoms with Crippen LogP contribution in [0.3, 0.4) is 0 Å². The second-order valence-electron chi connectivity index (χ2n) is 8.31. The van der Waals surface area contributed by atoms with Gasteiger partial charge in [-0.1, -0.05) is 32.9 Å². The summed E-state index contributed by atoms with van der Waals surface area (Å²) in [7, 11) is -1.94. The Morgan fingerprint density at radius 1 is 1.23 bits per heavy atom. The van der Waals surface area contributed by atoms with E-state index >= 15 is 0 Å². The lowest BCUT2D eigenvalue weighted by atomic mass is 9.97. The SMILES string of the molecule is CC1(C)O[C@H]2[C@@H](O[Si](C)(C)C(C)(C)C)C/C=C\CC(=O)[C@@H]2O1. The monoisotopic (exact) mass is 326 g/mol. The molecular formula is C17H30O4Si. The summed E-state index contributed by atoms with van der Waals surface area (Å²) >= 11 is 0. The zero-order valence-corrected chi connectivity index (χ0v) is 15.9. The fourth-order valence-corrected chi connectivity index (χ4v) is 4.00. The van der Waals surface area contributed by atoms with Crippen molar-refractivity contribution in [2.24, 2.45) is 0 Å². The van der Waals surface area contributed by atoms with Gasteiger partial charge in [0.2, 0.25) is 0 Å². The summed E-state index contributed by atoms with van der Waals surface area (Å²) in [6.45, 7) is 14.8. The van der Waals surface area contributed by atoms with Crippen LogP contribution in [0.25, 0.3) is 0 Å². The number of fused-ring (bicyclic) bond motifs is 1. The molecule has 1 heterocycles. The van der Waals surface area contributed by atoms with Crippen molar-refractivity contribution in [2.45, 2.75) is 89.7 Å². The first-order valence-electron chi connectivity index (χ1n) is 8.14. The van der Waals surface area contributed by atoms with Crippen molar-refractivity contribution in [1.29, 1.82) is 0 Å².